The van der Waals surface area contributed by atoms with Gasteiger partial charge in [-0.1, -0.05) is 152 Å². The average molecular weight is 809 g/mol. The molecule has 3 nitrogen and oxygen atoms in total. The third kappa shape index (κ3) is 5.37. The lowest BCUT2D eigenvalue weighted by molar-refractivity contribution is 0.666. The number of fused-ring (bicyclic) bond motifs is 10. The number of anilines is 3. The van der Waals surface area contributed by atoms with Crippen LogP contribution >= 0.6 is 11.3 Å². The molecular weight excluding hydrogens is 773 g/mol. The maximum absolute atomic E-state index is 6.54. The summed E-state index contributed by atoms with van der Waals surface area (Å²) < 4.78 is 11.6. The minimum Gasteiger partial charge on any atom is -0.454 e. The van der Waals surface area contributed by atoms with E-state index in [1.165, 1.54) is 58.4 Å². The van der Waals surface area contributed by atoms with Crippen LogP contribution in [-0.2, 0) is 0 Å². The summed E-state index contributed by atoms with van der Waals surface area (Å²) in [7, 11) is 0. The van der Waals surface area contributed by atoms with E-state index >= 15 is 0 Å². The number of thiophene rings is 1. The Bertz CT molecular complexity index is 3860. The largest absolute Gasteiger partial charge is 0.454 e. The van der Waals surface area contributed by atoms with Crippen LogP contribution in [0.2, 0.25) is 0 Å². The molecule has 4 heteroatoms. The van der Waals surface area contributed by atoms with E-state index in [2.05, 4.69) is 222 Å². The molecule has 0 atom stereocenters. The molecule has 3 heterocycles. The van der Waals surface area contributed by atoms with Crippen molar-refractivity contribution < 1.29 is 4.42 Å². The summed E-state index contributed by atoms with van der Waals surface area (Å²) in [5, 5.41) is 9.73. The van der Waals surface area contributed by atoms with E-state index in [9.17, 15) is 0 Å². The van der Waals surface area contributed by atoms with Gasteiger partial charge in [0, 0.05) is 58.5 Å². The first-order valence-electron chi connectivity index (χ1n) is 21.1. The number of para-hydroxylation sites is 3. The van der Waals surface area contributed by atoms with Crippen LogP contribution < -0.4 is 4.90 Å². The van der Waals surface area contributed by atoms with Crippen molar-refractivity contribution in [2.45, 2.75) is 0 Å². The van der Waals surface area contributed by atoms with Gasteiger partial charge in [-0.2, -0.15) is 0 Å². The van der Waals surface area contributed by atoms with Gasteiger partial charge in [0.2, 0.25) is 0 Å². The van der Waals surface area contributed by atoms with E-state index in [0.717, 1.165) is 61.3 Å². The van der Waals surface area contributed by atoms with E-state index < -0.39 is 0 Å². The second kappa shape index (κ2) is 13.8. The highest BCUT2D eigenvalue weighted by Gasteiger charge is 2.20. The van der Waals surface area contributed by atoms with E-state index in [1.54, 1.807) is 0 Å². The van der Waals surface area contributed by atoms with Crippen molar-refractivity contribution in [3.05, 3.63) is 218 Å². The number of hydrogen-bond donors (Lipinski definition) is 0. The Morgan fingerprint density at radius 3 is 1.87 bits per heavy atom. The van der Waals surface area contributed by atoms with Gasteiger partial charge < -0.3 is 13.9 Å². The molecule has 0 radical (unpaired) electrons. The summed E-state index contributed by atoms with van der Waals surface area (Å²) in [6.07, 6.45) is 0. The molecule has 290 valence electrons. The number of benzene rings is 10. The Balaban J connectivity index is 0.911. The highest BCUT2D eigenvalue weighted by Crippen LogP contribution is 2.44. The summed E-state index contributed by atoms with van der Waals surface area (Å²) in [6.45, 7) is 0. The first-order chi connectivity index (χ1) is 30.7. The minimum absolute atomic E-state index is 0.898. The van der Waals surface area contributed by atoms with Gasteiger partial charge in [-0.05, 0) is 94.4 Å². The number of furan rings is 1. The van der Waals surface area contributed by atoms with Crippen LogP contribution in [-0.4, -0.2) is 4.57 Å². The van der Waals surface area contributed by atoms with Crippen LogP contribution in [0.25, 0.3) is 103 Å². The highest BCUT2D eigenvalue weighted by atomic mass is 32.1. The lowest BCUT2D eigenvalue weighted by Gasteiger charge is -2.27. The van der Waals surface area contributed by atoms with Crippen LogP contribution in [0.4, 0.5) is 17.1 Å². The van der Waals surface area contributed by atoms with Gasteiger partial charge in [-0.3, -0.25) is 0 Å². The quantitative estimate of drug-likeness (QED) is 0.167. The summed E-state index contributed by atoms with van der Waals surface area (Å²) in [4.78, 5) is 2.39. The Hall–Kier alpha value is -7.92. The normalized spacial score (nSPS) is 11.9. The van der Waals surface area contributed by atoms with Crippen LogP contribution in [0.15, 0.2) is 223 Å². The van der Waals surface area contributed by atoms with E-state index in [1.807, 2.05) is 17.4 Å². The van der Waals surface area contributed by atoms with Crippen molar-refractivity contribution in [2.75, 3.05) is 4.90 Å². The Morgan fingerprint density at radius 2 is 1.02 bits per heavy atom. The van der Waals surface area contributed by atoms with Gasteiger partial charge in [-0.25, -0.2) is 0 Å². The molecule has 13 aromatic rings. The van der Waals surface area contributed by atoms with Crippen molar-refractivity contribution >= 4 is 103 Å². The fraction of sp³-hybridized carbons (Fsp3) is 0. The molecule has 10 aromatic carbocycles. The molecule has 0 aliphatic carbocycles. The van der Waals surface area contributed by atoms with Crippen LogP contribution in [0.5, 0.6) is 0 Å². The fourth-order valence-electron chi connectivity index (χ4n) is 9.72. The lowest BCUT2D eigenvalue weighted by atomic mass is 10.0. The second-order valence-electron chi connectivity index (χ2n) is 16.0. The third-order valence-electron chi connectivity index (χ3n) is 12.6. The monoisotopic (exact) mass is 808 g/mol. The SMILES string of the molecule is c1ccc2c(N(c3ccc(-c4ccc5c(c4)c4ccccc4n5-c4cccc5c4oc4ccccc45)cc3)c3ccc(-c4cccc5c4sc4ccccc45)cc3)cccc2c1. The highest BCUT2D eigenvalue weighted by molar-refractivity contribution is 7.26. The molecule has 3 aromatic heterocycles. The van der Waals surface area contributed by atoms with Gasteiger partial charge in [0.1, 0.15) is 5.58 Å². The molecule has 0 unspecified atom stereocenters. The molecule has 0 saturated carbocycles. The zero-order valence-electron chi connectivity index (χ0n) is 33.5. The molecule has 0 saturated heterocycles. The summed E-state index contributed by atoms with van der Waals surface area (Å²) >= 11 is 1.87. The van der Waals surface area contributed by atoms with E-state index in [0.29, 0.717) is 0 Å². The Morgan fingerprint density at radius 1 is 0.403 bits per heavy atom. The minimum atomic E-state index is 0.898. The topological polar surface area (TPSA) is 21.3 Å². The van der Waals surface area contributed by atoms with Gasteiger partial charge in [0.05, 0.1) is 22.4 Å². The van der Waals surface area contributed by atoms with Crippen LogP contribution in [0, 0.1) is 0 Å². The van der Waals surface area contributed by atoms with Crippen molar-refractivity contribution in [1.29, 1.82) is 0 Å². The predicted molar refractivity (Wildman–Crippen MR) is 264 cm³/mol. The first-order valence-corrected chi connectivity index (χ1v) is 21.9. The molecule has 0 bridgehead atoms. The average Bonchev–Trinajstić information content (AvgIpc) is 4.02. The van der Waals surface area contributed by atoms with Gasteiger partial charge in [-0.15, -0.1) is 11.3 Å². The van der Waals surface area contributed by atoms with Crippen molar-refractivity contribution in [2.24, 2.45) is 0 Å². The first kappa shape index (κ1) is 34.9. The van der Waals surface area contributed by atoms with Crippen LogP contribution in [0.3, 0.4) is 0 Å². The summed E-state index contributed by atoms with van der Waals surface area (Å²) in [5.41, 5.74) is 13.3. The van der Waals surface area contributed by atoms with Crippen molar-refractivity contribution in [3.63, 3.8) is 0 Å². The molecule has 0 spiro atoms. The smallest absolute Gasteiger partial charge is 0.159 e. The zero-order chi connectivity index (χ0) is 40.7. The molecule has 0 aliphatic rings. The van der Waals surface area contributed by atoms with Crippen molar-refractivity contribution in [1.82, 2.24) is 4.57 Å². The third-order valence-corrected chi connectivity index (χ3v) is 13.8. The fourth-order valence-corrected chi connectivity index (χ4v) is 11.0. The molecular formula is C58H36N2OS. The number of nitrogens with zero attached hydrogens (tertiary/aromatic N) is 2. The molecule has 0 aliphatic heterocycles. The molecule has 0 amide bonds. The standard InChI is InChI=1S/C58H36N2OS/c1-2-14-43-38(12-1)13-9-22-51(43)59(42-33-28-39(29-34-42)44-18-10-20-49-47-17-5-8-25-56(47)62-58(44)49)41-31-26-37(27-32-41)40-30-35-53-50(36-40)45-15-3-6-21-52(45)60(53)54-23-11-19-48-46-16-4-7-24-55(46)61-57(48)54/h1-36H. The summed E-state index contributed by atoms with van der Waals surface area (Å²) in [6, 6.07) is 79.1. The van der Waals surface area contributed by atoms with E-state index in [4.69, 9.17) is 4.42 Å². The maximum atomic E-state index is 6.54. The van der Waals surface area contributed by atoms with Crippen molar-refractivity contribution in [3.8, 4) is 27.9 Å². The Kier molecular flexibility index (Phi) is 7.78. The second-order valence-corrected chi connectivity index (χ2v) is 17.1. The van der Waals surface area contributed by atoms with Crippen LogP contribution in [0.1, 0.15) is 0 Å². The molecule has 0 fully saturated rings. The van der Waals surface area contributed by atoms with E-state index in [-0.39, 0.29) is 0 Å². The van der Waals surface area contributed by atoms with Gasteiger partial charge in [0.15, 0.2) is 5.58 Å². The maximum Gasteiger partial charge on any atom is 0.159 e. The number of hydrogen-bond acceptors (Lipinski definition) is 3. The van der Waals surface area contributed by atoms with Gasteiger partial charge >= 0.3 is 0 Å². The molecule has 13 rings (SSSR count). The zero-order valence-corrected chi connectivity index (χ0v) is 34.3. The molecule has 0 N–H and O–H groups in total. The number of rotatable bonds is 6. The predicted octanol–water partition coefficient (Wildman–Crippen LogP) is 17.0. The number of aromatic nitrogens is 1. The summed E-state index contributed by atoms with van der Waals surface area (Å²) in [5.74, 6) is 0. The van der Waals surface area contributed by atoms with Gasteiger partial charge in [0.25, 0.3) is 0 Å². The molecule has 62 heavy (non-hydrogen) atoms. The lowest BCUT2D eigenvalue weighted by Crippen LogP contribution is -2.10. The Labute approximate surface area is 361 Å².